The highest BCUT2D eigenvalue weighted by molar-refractivity contribution is 5.91. The van der Waals surface area contributed by atoms with Gasteiger partial charge in [0.05, 0.1) is 6.26 Å². The Morgan fingerprint density at radius 1 is 1.08 bits per heavy atom. The van der Waals surface area contributed by atoms with Crippen molar-refractivity contribution in [2.24, 2.45) is 0 Å². The fourth-order valence-electron chi connectivity index (χ4n) is 3.34. The SMILES string of the molecule is O=C(NCCC(=O)N1CCC[C@@H](c2ccccc2)CC1)c1ccco1. The standard InChI is InChI=1S/C20H24N2O3/c23-19(10-12-21-20(24)18-9-5-15-25-18)22-13-4-8-17(11-14-22)16-6-2-1-3-7-16/h1-3,5-7,9,15,17H,4,8,10-14H2,(H,21,24)/t17-/m1/s1. The second kappa shape index (κ2) is 8.51. The first-order valence-electron chi connectivity index (χ1n) is 8.88. The predicted octanol–water partition coefficient (Wildman–Crippen LogP) is 3.20. The Balaban J connectivity index is 1.44. The fourth-order valence-corrected chi connectivity index (χ4v) is 3.34. The zero-order valence-electron chi connectivity index (χ0n) is 14.3. The van der Waals surface area contributed by atoms with Crippen LogP contribution in [0, 0.1) is 0 Å². The van der Waals surface area contributed by atoms with E-state index in [2.05, 4.69) is 29.6 Å². The summed E-state index contributed by atoms with van der Waals surface area (Å²) in [6.45, 7) is 1.91. The first kappa shape index (κ1) is 17.3. The second-order valence-electron chi connectivity index (χ2n) is 6.40. The van der Waals surface area contributed by atoms with E-state index in [1.807, 2.05) is 11.0 Å². The number of amides is 2. The quantitative estimate of drug-likeness (QED) is 0.909. The molecule has 5 heteroatoms. The third-order valence-electron chi connectivity index (χ3n) is 4.72. The fraction of sp³-hybridized carbons (Fsp3) is 0.400. The van der Waals surface area contributed by atoms with Crippen molar-refractivity contribution in [2.45, 2.75) is 31.6 Å². The Morgan fingerprint density at radius 3 is 2.68 bits per heavy atom. The monoisotopic (exact) mass is 340 g/mol. The van der Waals surface area contributed by atoms with E-state index in [9.17, 15) is 9.59 Å². The number of carbonyl (C=O) groups is 2. The average molecular weight is 340 g/mol. The molecule has 1 aliphatic rings. The number of nitrogens with zero attached hydrogens (tertiary/aromatic N) is 1. The molecule has 1 aromatic heterocycles. The van der Waals surface area contributed by atoms with Gasteiger partial charge in [0.1, 0.15) is 0 Å². The van der Waals surface area contributed by atoms with E-state index in [1.165, 1.54) is 11.8 Å². The number of rotatable bonds is 5. The summed E-state index contributed by atoms with van der Waals surface area (Å²) in [6, 6.07) is 13.8. The highest BCUT2D eigenvalue weighted by Crippen LogP contribution is 2.27. The Morgan fingerprint density at radius 2 is 1.92 bits per heavy atom. The summed E-state index contributed by atoms with van der Waals surface area (Å²) < 4.78 is 5.03. The maximum Gasteiger partial charge on any atom is 0.286 e. The maximum absolute atomic E-state index is 12.4. The lowest BCUT2D eigenvalue weighted by Gasteiger charge is -2.21. The largest absolute Gasteiger partial charge is 0.459 e. The van der Waals surface area contributed by atoms with Crippen molar-refractivity contribution in [3.05, 3.63) is 60.1 Å². The summed E-state index contributed by atoms with van der Waals surface area (Å²) in [5, 5.41) is 2.73. The van der Waals surface area contributed by atoms with E-state index in [0.29, 0.717) is 18.9 Å². The van der Waals surface area contributed by atoms with Crippen LogP contribution >= 0.6 is 0 Å². The number of carbonyl (C=O) groups excluding carboxylic acids is 2. The molecule has 0 radical (unpaired) electrons. The van der Waals surface area contributed by atoms with Crippen molar-refractivity contribution in [1.29, 1.82) is 0 Å². The second-order valence-corrected chi connectivity index (χ2v) is 6.40. The van der Waals surface area contributed by atoms with E-state index in [0.717, 1.165) is 32.4 Å². The van der Waals surface area contributed by atoms with E-state index < -0.39 is 0 Å². The summed E-state index contributed by atoms with van der Waals surface area (Å²) in [4.78, 5) is 26.1. The minimum atomic E-state index is -0.280. The van der Waals surface area contributed by atoms with E-state index >= 15 is 0 Å². The molecular weight excluding hydrogens is 316 g/mol. The van der Waals surface area contributed by atoms with Gasteiger partial charge in [-0.05, 0) is 42.9 Å². The molecule has 2 heterocycles. The van der Waals surface area contributed by atoms with Gasteiger partial charge in [-0.3, -0.25) is 9.59 Å². The van der Waals surface area contributed by atoms with Crippen LogP contribution in [0.1, 0.15) is 47.7 Å². The van der Waals surface area contributed by atoms with Gasteiger partial charge in [0, 0.05) is 26.1 Å². The zero-order chi connectivity index (χ0) is 17.5. The Bertz CT molecular complexity index is 682. The van der Waals surface area contributed by atoms with Crippen LogP contribution in [-0.4, -0.2) is 36.3 Å². The van der Waals surface area contributed by atoms with Crippen molar-refractivity contribution in [3.8, 4) is 0 Å². The van der Waals surface area contributed by atoms with E-state index in [-0.39, 0.29) is 17.6 Å². The molecule has 0 spiro atoms. The van der Waals surface area contributed by atoms with Gasteiger partial charge in [-0.1, -0.05) is 30.3 Å². The minimum Gasteiger partial charge on any atom is -0.459 e. The number of benzene rings is 1. The molecule has 1 atom stereocenters. The normalized spacial score (nSPS) is 17.8. The zero-order valence-corrected chi connectivity index (χ0v) is 14.3. The molecule has 3 rings (SSSR count). The molecular formula is C20H24N2O3. The van der Waals surface area contributed by atoms with E-state index in [4.69, 9.17) is 4.42 Å². The van der Waals surface area contributed by atoms with Crippen molar-refractivity contribution >= 4 is 11.8 Å². The van der Waals surface area contributed by atoms with Gasteiger partial charge in [0.2, 0.25) is 5.91 Å². The van der Waals surface area contributed by atoms with Crippen LogP contribution < -0.4 is 5.32 Å². The molecule has 2 amide bonds. The Labute approximate surface area is 148 Å². The molecule has 1 fully saturated rings. The lowest BCUT2D eigenvalue weighted by molar-refractivity contribution is -0.131. The molecule has 1 aromatic carbocycles. The Kier molecular flexibility index (Phi) is 5.88. The van der Waals surface area contributed by atoms with Crippen LogP contribution in [0.15, 0.2) is 53.1 Å². The van der Waals surface area contributed by atoms with Crippen LogP contribution in [0.4, 0.5) is 0 Å². The van der Waals surface area contributed by atoms with Crippen molar-refractivity contribution in [1.82, 2.24) is 10.2 Å². The molecule has 132 valence electrons. The topological polar surface area (TPSA) is 62.6 Å². The number of hydrogen-bond donors (Lipinski definition) is 1. The van der Waals surface area contributed by atoms with Crippen molar-refractivity contribution in [3.63, 3.8) is 0 Å². The third-order valence-corrected chi connectivity index (χ3v) is 4.72. The summed E-state index contributed by atoms with van der Waals surface area (Å²) in [7, 11) is 0. The predicted molar refractivity (Wildman–Crippen MR) is 95.3 cm³/mol. The van der Waals surface area contributed by atoms with Crippen LogP contribution in [0.2, 0.25) is 0 Å². The van der Waals surface area contributed by atoms with Crippen molar-refractivity contribution < 1.29 is 14.0 Å². The lowest BCUT2D eigenvalue weighted by Crippen LogP contribution is -2.35. The molecule has 0 aliphatic carbocycles. The van der Waals surface area contributed by atoms with Gasteiger partial charge in [-0.25, -0.2) is 0 Å². The highest BCUT2D eigenvalue weighted by atomic mass is 16.3. The molecule has 2 aromatic rings. The van der Waals surface area contributed by atoms with Crippen LogP contribution in [-0.2, 0) is 4.79 Å². The van der Waals surface area contributed by atoms with Gasteiger partial charge in [-0.2, -0.15) is 0 Å². The van der Waals surface area contributed by atoms with Gasteiger partial charge in [0.25, 0.3) is 5.91 Å². The smallest absolute Gasteiger partial charge is 0.286 e. The maximum atomic E-state index is 12.4. The van der Waals surface area contributed by atoms with Gasteiger partial charge < -0.3 is 14.6 Å². The minimum absolute atomic E-state index is 0.105. The van der Waals surface area contributed by atoms with Crippen molar-refractivity contribution in [2.75, 3.05) is 19.6 Å². The molecule has 5 nitrogen and oxygen atoms in total. The van der Waals surface area contributed by atoms with Gasteiger partial charge >= 0.3 is 0 Å². The van der Waals surface area contributed by atoms with E-state index in [1.54, 1.807) is 12.1 Å². The molecule has 0 bridgehead atoms. The number of furan rings is 1. The number of likely N-dealkylation sites (tertiary alicyclic amines) is 1. The molecule has 1 saturated heterocycles. The van der Waals surface area contributed by atoms with Crippen LogP contribution in [0.3, 0.4) is 0 Å². The Hall–Kier alpha value is -2.56. The number of hydrogen-bond acceptors (Lipinski definition) is 3. The summed E-state index contributed by atoms with van der Waals surface area (Å²) in [6.07, 6.45) is 4.91. The molecule has 0 unspecified atom stereocenters. The average Bonchev–Trinajstić information content (AvgIpc) is 3.07. The summed E-state index contributed by atoms with van der Waals surface area (Å²) in [5.41, 5.74) is 1.36. The van der Waals surface area contributed by atoms with Crippen LogP contribution in [0.5, 0.6) is 0 Å². The molecule has 25 heavy (non-hydrogen) atoms. The third kappa shape index (κ3) is 4.72. The highest BCUT2D eigenvalue weighted by Gasteiger charge is 2.21. The molecule has 1 aliphatic heterocycles. The first-order chi connectivity index (χ1) is 12.2. The molecule has 0 saturated carbocycles. The summed E-state index contributed by atoms with van der Waals surface area (Å²) >= 11 is 0. The lowest BCUT2D eigenvalue weighted by atomic mass is 9.92. The number of nitrogens with one attached hydrogen (secondary N) is 1. The van der Waals surface area contributed by atoms with Gasteiger partial charge in [-0.15, -0.1) is 0 Å². The summed E-state index contributed by atoms with van der Waals surface area (Å²) in [5.74, 6) is 0.622. The van der Waals surface area contributed by atoms with Gasteiger partial charge in [0.15, 0.2) is 5.76 Å². The van der Waals surface area contributed by atoms with Crippen LogP contribution in [0.25, 0.3) is 0 Å². The first-order valence-corrected chi connectivity index (χ1v) is 8.88. The molecule has 1 N–H and O–H groups in total.